The maximum absolute atomic E-state index is 12.4. The predicted octanol–water partition coefficient (Wildman–Crippen LogP) is 3.49. The van der Waals surface area contributed by atoms with Crippen molar-refractivity contribution in [3.8, 4) is 11.5 Å². The van der Waals surface area contributed by atoms with Crippen LogP contribution >= 0.6 is 0 Å². The molecule has 0 saturated heterocycles. The summed E-state index contributed by atoms with van der Waals surface area (Å²) in [5.74, 6) is -1.17. The van der Waals surface area contributed by atoms with Gasteiger partial charge in [-0.3, -0.25) is 14.4 Å². The number of amides is 3. The van der Waals surface area contributed by atoms with Crippen LogP contribution in [0.25, 0.3) is 0 Å². The zero-order chi connectivity index (χ0) is 26.6. The van der Waals surface area contributed by atoms with Crippen LogP contribution < -0.4 is 25.5 Å². The van der Waals surface area contributed by atoms with Gasteiger partial charge in [-0.05, 0) is 67.3 Å². The average molecular weight is 503 g/mol. The topological polar surface area (TPSA) is 118 Å². The number of hydrazone groups is 1. The Labute approximate surface area is 215 Å². The number of hydrogen-bond donors (Lipinski definition) is 3. The number of carbonyl (C=O) groups excluding carboxylic acids is 3. The number of aryl methyl sites for hydroxylation is 1. The molecule has 0 aromatic heterocycles. The first-order chi connectivity index (χ1) is 17.9. The van der Waals surface area contributed by atoms with Crippen LogP contribution in [-0.2, 0) is 20.9 Å². The highest BCUT2D eigenvalue weighted by molar-refractivity contribution is 6.35. The SMILES string of the molecule is CCOc1cc(/C=N\NC(=O)C(=O)NCc2ccccc2)ccc1OCC(=O)Nc1cccc(C)c1C. The van der Waals surface area contributed by atoms with Crippen molar-refractivity contribution in [1.82, 2.24) is 10.7 Å². The van der Waals surface area contributed by atoms with Crippen LogP contribution in [0, 0.1) is 13.8 Å². The van der Waals surface area contributed by atoms with Gasteiger partial charge in [0.25, 0.3) is 5.91 Å². The monoisotopic (exact) mass is 502 g/mol. The molecule has 0 radical (unpaired) electrons. The lowest BCUT2D eigenvalue weighted by atomic mass is 10.1. The van der Waals surface area contributed by atoms with Crippen LogP contribution in [0.1, 0.15) is 29.2 Å². The van der Waals surface area contributed by atoms with E-state index < -0.39 is 11.8 Å². The normalized spacial score (nSPS) is 10.6. The van der Waals surface area contributed by atoms with Gasteiger partial charge in [-0.2, -0.15) is 5.10 Å². The van der Waals surface area contributed by atoms with Gasteiger partial charge < -0.3 is 20.1 Å². The molecule has 3 aromatic rings. The first-order valence-electron chi connectivity index (χ1n) is 11.8. The lowest BCUT2D eigenvalue weighted by Crippen LogP contribution is -2.37. The Bertz CT molecular complexity index is 1270. The number of hydrogen-bond acceptors (Lipinski definition) is 6. The quantitative estimate of drug-likeness (QED) is 0.223. The fourth-order valence-electron chi connectivity index (χ4n) is 3.28. The second kappa shape index (κ2) is 13.4. The van der Waals surface area contributed by atoms with E-state index in [9.17, 15) is 14.4 Å². The van der Waals surface area contributed by atoms with Gasteiger partial charge in [0.15, 0.2) is 18.1 Å². The van der Waals surface area contributed by atoms with Crippen LogP contribution in [-0.4, -0.2) is 37.1 Å². The highest BCUT2D eigenvalue weighted by atomic mass is 16.5. The minimum Gasteiger partial charge on any atom is -0.490 e. The Hall–Kier alpha value is -4.66. The molecule has 0 saturated carbocycles. The first-order valence-corrected chi connectivity index (χ1v) is 11.8. The van der Waals surface area contributed by atoms with Crippen LogP contribution in [0.5, 0.6) is 11.5 Å². The standard InChI is InChI=1S/C28H30N4O5/c1-4-36-25-15-22(17-30-32-28(35)27(34)29-16-21-10-6-5-7-11-21)13-14-24(25)37-18-26(33)31-23-12-8-9-19(2)20(23)3/h5-15,17H,4,16,18H2,1-3H3,(H,29,34)(H,31,33)(H,32,35)/b30-17-. The second-order valence-electron chi connectivity index (χ2n) is 8.09. The van der Waals surface area contributed by atoms with Crippen molar-refractivity contribution in [2.24, 2.45) is 5.10 Å². The summed E-state index contributed by atoms with van der Waals surface area (Å²) in [7, 11) is 0. The average Bonchev–Trinajstić information content (AvgIpc) is 2.90. The molecule has 9 nitrogen and oxygen atoms in total. The molecule has 0 spiro atoms. The molecule has 0 aliphatic heterocycles. The number of nitrogens with one attached hydrogen (secondary N) is 3. The summed E-state index contributed by atoms with van der Waals surface area (Å²) in [5.41, 5.74) is 6.49. The molecule has 0 unspecified atom stereocenters. The Morgan fingerprint density at radius 3 is 2.43 bits per heavy atom. The van der Waals surface area contributed by atoms with Gasteiger partial charge in [0.05, 0.1) is 12.8 Å². The first kappa shape index (κ1) is 26.9. The predicted molar refractivity (Wildman–Crippen MR) is 142 cm³/mol. The molecule has 0 fully saturated rings. The molecule has 3 rings (SSSR count). The summed E-state index contributed by atoms with van der Waals surface area (Å²) in [6.07, 6.45) is 1.38. The van der Waals surface area contributed by atoms with Crippen LogP contribution in [0.4, 0.5) is 5.69 Å². The van der Waals surface area contributed by atoms with Gasteiger partial charge in [0.2, 0.25) is 0 Å². The van der Waals surface area contributed by atoms with Gasteiger partial charge in [0, 0.05) is 12.2 Å². The molecule has 3 aromatic carbocycles. The Kier molecular flexibility index (Phi) is 9.78. The fourth-order valence-corrected chi connectivity index (χ4v) is 3.28. The minimum absolute atomic E-state index is 0.199. The smallest absolute Gasteiger partial charge is 0.329 e. The second-order valence-corrected chi connectivity index (χ2v) is 8.09. The minimum atomic E-state index is -0.882. The van der Waals surface area contributed by atoms with Crippen molar-refractivity contribution in [2.75, 3.05) is 18.5 Å². The van der Waals surface area contributed by atoms with E-state index in [0.29, 0.717) is 23.7 Å². The number of benzene rings is 3. The van der Waals surface area contributed by atoms with E-state index in [1.165, 1.54) is 6.21 Å². The molecule has 0 aliphatic rings. The van der Waals surface area contributed by atoms with E-state index in [1.807, 2.05) is 69.3 Å². The molecule has 0 aliphatic carbocycles. The Morgan fingerprint density at radius 1 is 0.892 bits per heavy atom. The highest BCUT2D eigenvalue weighted by Crippen LogP contribution is 2.28. The van der Waals surface area contributed by atoms with Gasteiger partial charge in [0.1, 0.15) is 0 Å². The van der Waals surface area contributed by atoms with Crippen molar-refractivity contribution in [2.45, 2.75) is 27.3 Å². The molecule has 9 heteroatoms. The summed E-state index contributed by atoms with van der Waals surface area (Å²) < 4.78 is 11.3. The van der Waals surface area contributed by atoms with Crippen molar-refractivity contribution in [3.63, 3.8) is 0 Å². The van der Waals surface area contributed by atoms with Gasteiger partial charge >= 0.3 is 11.8 Å². The lowest BCUT2D eigenvalue weighted by molar-refractivity contribution is -0.139. The molecule has 0 bridgehead atoms. The fraction of sp³-hybridized carbons (Fsp3) is 0.214. The van der Waals surface area contributed by atoms with Crippen molar-refractivity contribution >= 4 is 29.6 Å². The van der Waals surface area contributed by atoms with Gasteiger partial charge in [-0.25, -0.2) is 5.43 Å². The van der Waals surface area contributed by atoms with Crippen LogP contribution in [0.15, 0.2) is 71.8 Å². The summed E-state index contributed by atoms with van der Waals surface area (Å²) in [5, 5.41) is 9.22. The highest BCUT2D eigenvalue weighted by Gasteiger charge is 2.13. The molecule has 0 heterocycles. The third-order valence-electron chi connectivity index (χ3n) is 5.39. The molecule has 0 atom stereocenters. The van der Waals surface area contributed by atoms with E-state index in [2.05, 4.69) is 21.2 Å². The molecular weight excluding hydrogens is 472 g/mol. The molecule has 192 valence electrons. The molecule has 3 amide bonds. The summed E-state index contributed by atoms with van der Waals surface area (Å²) in [6, 6.07) is 19.9. The zero-order valence-electron chi connectivity index (χ0n) is 21.0. The Morgan fingerprint density at radius 2 is 1.68 bits per heavy atom. The number of nitrogens with zero attached hydrogens (tertiary/aromatic N) is 1. The number of ether oxygens (including phenoxy) is 2. The van der Waals surface area contributed by atoms with Crippen molar-refractivity contribution < 1.29 is 23.9 Å². The third kappa shape index (κ3) is 8.21. The number of rotatable bonds is 10. The molecule has 37 heavy (non-hydrogen) atoms. The summed E-state index contributed by atoms with van der Waals surface area (Å²) in [4.78, 5) is 36.3. The largest absolute Gasteiger partial charge is 0.490 e. The van der Waals surface area contributed by atoms with Crippen LogP contribution in [0.2, 0.25) is 0 Å². The maximum atomic E-state index is 12.4. The Balaban J connectivity index is 1.54. The van der Waals surface area contributed by atoms with Gasteiger partial charge in [-0.15, -0.1) is 0 Å². The van der Waals surface area contributed by atoms with E-state index in [-0.39, 0.29) is 19.1 Å². The zero-order valence-corrected chi connectivity index (χ0v) is 21.0. The molecular formula is C28H30N4O5. The van der Waals surface area contributed by atoms with Crippen LogP contribution in [0.3, 0.4) is 0 Å². The van der Waals surface area contributed by atoms with E-state index in [1.54, 1.807) is 18.2 Å². The lowest BCUT2D eigenvalue weighted by Gasteiger charge is -2.14. The van der Waals surface area contributed by atoms with Crippen molar-refractivity contribution in [1.29, 1.82) is 0 Å². The number of anilines is 1. The van der Waals surface area contributed by atoms with E-state index in [0.717, 1.165) is 22.4 Å². The maximum Gasteiger partial charge on any atom is 0.329 e. The summed E-state index contributed by atoms with van der Waals surface area (Å²) >= 11 is 0. The van der Waals surface area contributed by atoms with E-state index >= 15 is 0 Å². The van der Waals surface area contributed by atoms with Crippen molar-refractivity contribution in [3.05, 3.63) is 89.0 Å². The van der Waals surface area contributed by atoms with Gasteiger partial charge in [-0.1, -0.05) is 42.5 Å². The third-order valence-corrected chi connectivity index (χ3v) is 5.39. The molecule has 3 N–H and O–H groups in total. The number of carbonyl (C=O) groups is 3. The van der Waals surface area contributed by atoms with E-state index in [4.69, 9.17) is 9.47 Å². The summed E-state index contributed by atoms with van der Waals surface area (Å²) in [6.45, 7) is 6.16.